The molecular formula is C26H19N3O3. The van der Waals surface area contributed by atoms with E-state index in [1.807, 2.05) is 48.5 Å². The Hall–Kier alpha value is -4.19. The number of nitrogens with zero attached hydrogens (tertiary/aromatic N) is 2. The van der Waals surface area contributed by atoms with Crippen molar-refractivity contribution in [2.75, 3.05) is 6.54 Å². The van der Waals surface area contributed by atoms with E-state index in [1.165, 1.54) is 5.56 Å². The zero-order chi connectivity index (χ0) is 21.7. The summed E-state index contributed by atoms with van der Waals surface area (Å²) in [6, 6.07) is 22.2. The Balaban J connectivity index is 1.52. The maximum atomic E-state index is 13.7. The second-order valence-electron chi connectivity index (χ2n) is 7.95. The zero-order valence-corrected chi connectivity index (χ0v) is 17.1. The van der Waals surface area contributed by atoms with Gasteiger partial charge in [-0.2, -0.15) is 0 Å². The molecule has 0 aliphatic carbocycles. The van der Waals surface area contributed by atoms with Gasteiger partial charge in [-0.05, 0) is 42.3 Å². The molecular weight excluding hydrogens is 402 g/mol. The molecule has 0 spiro atoms. The Morgan fingerprint density at radius 3 is 2.72 bits per heavy atom. The summed E-state index contributed by atoms with van der Waals surface area (Å²) < 4.78 is 5.44. The largest absolute Gasteiger partial charge is 0.422 e. The molecule has 5 aromatic rings. The van der Waals surface area contributed by atoms with Crippen molar-refractivity contribution in [1.29, 1.82) is 0 Å². The van der Waals surface area contributed by atoms with Gasteiger partial charge < -0.3 is 14.3 Å². The predicted molar refractivity (Wildman–Crippen MR) is 122 cm³/mol. The minimum absolute atomic E-state index is 0.0317. The SMILES string of the molecule is O=C(c1cc2ccccc2oc1=O)N1CCc2c([nH]c3ccccc23)C1c1ccccn1. The Labute approximate surface area is 183 Å². The van der Waals surface area contributed by atoms with Crippen LogP contribution in [-0.4, -0.2) is 27.3 Å². The minimum Gasteiger partial charge on any atom is -0.422 e. The molecule has 0 saturated heterocycles. The van der Waals surface area contributed by atoms with E-state index in [0.717, 1.165) is 22.3 Å². The van der Waals surface area contributed by atoms with Gasteiger partial charge in [-0.15, -0.1) is 0 Å². The summed E-state index contributed by atoms with van der Waals surface area (Å²) in [5, 5.41) is 1.87. The molecule has 32 heavy (non-hydrogen) atoms. The molecule has 1 N–H and O–H groups in total. The molecule has 6 nitrogen and oxygen atoms in total. The highest BCUT2D eigenvalue weighted by Gasteiger charge is 2.36. The normalized spacial score (nSPS) is 15.8. The summed E-state index contributed by atoms with van der Waals surface area (Å²) in [6.45, 7) is 0.473. The Bertz CT molecular complexity index is 1530. The van der Waals surface area contributed by atoms with Crippen molar-refractivity contribution in [3.05, 3.63) is 112 Å². The van der Waals surface area contributed by atoms with Crippen LogP contribution in [0.4, 0.5) is 0 Å². The van der Waals surface area contributed by atoms with Crippen LogP contribution in [0.2, 0.25) is 0 Å². The molecule has 156 valence electrons. The summed E-state index contributed by atoms with van der Waals surface area (Å²) in [5.41, 5.74) is 3.77. The number of para-hydroxylation sites is 2. The van der Waals surface area contributed by atoms with Crippen LogP contribution in [0.25, 0.3) is 21.9 Å². The summed E-state index contributed by atoms with van der Waals surface area (Å²) >= 11 is 0. The topological polar surface area (TPSA) is 79.2 Å². The average molecular weight is 421 g/mol. The molecule has 0 bridgehead atoms. The molecule has 0 saturated carbocycles. The number of hydrogen-bond acceptors (Lipinski definition) is 4. The molecule has 1 aliphatic heterocycles. The maximum Gasteiger partial charge on any atom is 0.349 e. The minimum atomic E-state index is -0.629. The van der Waals surface area contributed by atoms with E-state index < -0.39 is 11.7 Å². The summed E-state index contributed by atoms with van der Waals surface area (Å²) in [7, 11) is 0. The number of carbonyl (C=O) groups is 1. The number of carbonyl (C=O) groups excluding carboxylic acids is 1. The van der Waals surface area contributed by atoms with Gasteiger partial charge in [-0.25, -0.2) is 4.79 Å². The highest BCUT2D eigenvalue weighted by molar-refractivity contribution is 5.97. The molecule has 2 aromatic carbocycles. The van der Waals surface area contributed by atoms with Crippen molar-refractivity contribution in [3.63, 3.8) is 0 Å². The number of hydrogen-bond donors (Lipinski definition) is 1. The molecule has 1 atom stereocenters. The number of amides is 1. The number of rotatable bonds is 2. The average Bonchev–Trinajstić information content (AvgIpc) is 3.22. The van der Waals surface area contributed by atoms with Crippen LogP contribution in [0.15, 0.2) is 88.2 Å². The third kappa shape index (κ3) is 2.84. The number of benzene rings is 2. The Kier molecular flexibility index (Phi) is 4.18. The molecule has 0 radical (unpaired) electrons. The number of pyridine rings is 1. The van der Waals surface area contributed by atoms with Crippen molar-refractivity contribution in [2.24, 2.45) is 0 Å². The second-order valence-corrected chi connectivity index (χ2v) is 7.95. The number of nitrogens with one attached hydrogen (secondary N) is 1. The Morgan fingerprint density at radius 2 is 1.84 bits per heavy atom. The lowest BCUT2D eigenvalue weighted by Gasteiger charge is -2.35. The predicted octanol–water partition coefficient (Wildman–Crippen LogP) is 4.46. The molecule has 1 aliphatic rings. The third-order valence-electron chi connectivity index (χ3n) is 6.14. The van der Waals surface area contributed by atoms with Crippen LogP contribution in [-0.2, 0) is 6.42 Å². The van der Waals surface area contributed by atoms with Crippen LogP contribution in [0.3, 0.4) is 0 Å². The van der Waals surface area contributed by atoms with E-state index in [2.05, 4.69) is 16.0 Å². The fourth-order valence-electron chi connectivity index (χ4n) is 4.67. The molecule has 0 fully saturated rings. The second kappa shape index (κ2) is 7.20. The van der Waals surface area contributed by atoms with E-state index in [-0.39, 0.29) is 11.5 Å². The molecule has 4 heterocycles. The van der Waals surface area contributed by atoms with Gasteiger partial charge in [0.1, 0.15) is 17.2 Å². The molecule has 6 rings (SSSR count). The lowest BCUT2D eigenvalue weighted by molar-refractivity contribution is 0.0684. The van der Waals surface area contributed by atoms with Gasteiger partial charge in [0.15, 0.2) is 0 Å². The van der Waals surface area contributed by atoms with Crippen molar-refractivity contribution >= 4 is 27.8 Å². The highest BCUT2D eigenvalue weighted by Crippen LogP contribution is 2.38. The van der Waals surface area contributed by atoms with E-state index in [4.69, 9.17) is 4.42 Å². The lowest BCUT2D eigenvalue weighted by atomic mass is 9.94. The quantitative estimate of drug-likeness (QED) is 0.427. The smallest absolute Gasteiger partial charge is 0.349 e. The number of fused-ring (bicyclic) bond motifs is 4. The fraction of sp³-hybridized carbons (Fsp3) is 0.115. The van der Waals surface area contributed by atoms with E-state index in [0.29, 0.717) is 23.9 Å². The first kappa shape index (κ1) is 18.6. The number of aromatic nitrogens is 2. The van der Waals surface area contributed by atoms with Gasteiger partial charge in [0.25, 0.3) is 5.91 Å². The van der Waals surface area contributed by atoms with Crippen molar-refractivity contribution in [1.82, 2.24) is 14.9 Å². The summed E-state index contributed by atoms with van der Waals surface area (Å²) in [6.07, 6.45) is 2.41. The standard InChI is InChI=1S/C26H19N3O3/c30-25(19-15-16-7-1-4-11-22(16)32-26(19)31)29-14-12-18-17-8-2-3-9-20(17)28-23(18)24(29)21-10-5-6-13-27-21/h1-11,13,15,24,28H,12,14H2. The maximum absolute atomic E-state index is 13.7. The number of aromatic amines is 1. The van der Waals surface area contributed by atoms with Gasteiger partial charge in [-0.3, -0.25) is 9.78 Å². The summed E-state index contributed by atoms with van der Waals surface area (Å²) in [4.78, 5) is 36.2. The highest BCUT2D eigenvalue weighted by atomic mass is 16.4. The molecule has 1 amide bonds. The lowest BCUT2D eigenvalue weighted by Crippen LogP contribution is -2.42. The summed E-state index contributed by atoms with van der Waals surface area (Å²) in [5.74, 6) is -0.357. The Morgan fingerprint density at radius 1 is 1.03 bits per heavy atom. The van der Waals surface area contributed by atoms with Crippen molar-refractivity contribution in [3.8, 4) is 0 Å². The monoisotopic (exact) mass is 421 g/mol. The van der Waals surface area contributed by atoms with Gasteiger partial charge in [0.2, 0.25) is 0 Å². The van der Waals surface area contributed by atoms with Crippen LogP contribution in [0.5, 0.6) is 0 Å². The van der Waals surface area contributed by atoms with Crippen LogP contribution < -0.4 is 5.63 Å². The molecule has 3 aromatic heterocycles. The molecule has 6 heteroatoms. The fourth-order valence-corrected chi connectivity index (χ4v) is 4.67. The van der Waals surface area contributed by atoms with Crippen molar-refractivity contribution < 1.29 is 9.21 Å². The van der Waals surface area contributed by atoms with Crippen LogP contribution >= 0.6 is 0 Å². The van der Waals surface area contributed by atoms with E-state index in [9.17, 15) is 9.59 Å². The first-order valence-corrected chi connectivity index (χ1v) is 10.5. The van der Waals surface area contributed by atoms with Crippen LogP contribution in [0, 0.1) is 0 Å². The van der Waals surface area contributed by atoms with E-state index >= 15 is 0 Å². The van der Waals surface area contributed by atoms with Gasteiger partial charge >= 0.3 is 5.63 Å². The first-order valence-electron chi connectivity index (χ1n) is 10.5. The number of H-pyrrole nitrogens is 1. The van der Waals surface area contributed by atoms with Gasteiger partial charge in [0, 0.05) is 34.7 Å². The first-order chi connectivity index (χ1) is 15.7. The third-order valence-corrected chi connectivity index (χ3v) is 6.14. The van der Waals surface area contributed by atoms with Crippen molar-refractivity contribution in [2.45, 2.75) is 12.5 Å². The molecule has 1 unspecified atom stereocenters. The zero-order valence-electron chi connectivity index (χ0n) is 17.1. The van der Waals surface area contributed by atoms with Crippen LogP contribution in [0.1, 0.15) is 33.4 Å². The van der Waals surface area contributed by atoms with Gasteiger partial charge in [0.05, 0.1) is 5.69 Å². The van der Waals surface area contributed by atoms with E-state index in [1.54, 1.807) is 29.3 Å². The van der Waals surface area contributed by atoms with Gasteiger partial charge in [-0.1, -0.05) is 42.5 Å².